The lowest BCUT2D eigenvalue weighted by Gasteiger charge is -2.17. The molecule has 4 nitrogen and oxygen atoms in total. The van der Waals surface area contributed by atoms with E-state index >= 15 is 0 Å². The van der Waals surface area contributed by atoms with Crippen molar-refractivity contribution >= 4 is 21.8 Å². The summed E-state index contributed by atoms with van der Waals surface area (Å²) in [7, 11) is 0. The predicted molar refractivity (Wildman–Crippen MR) is 103 cm³/mol. The van der Waals surface area contributed by atoms with Gasteiger partial charge in [0.1, 0.15) is 11.5 Å². The van der Waals surface area contributed by atoms with Gasteiger partial charge in [-0.3, -0.25) is 4.79 Å². The molecule has 0 aliphatic rings. The summed E-state index contributed by atoms with van der Waals surface area (Å²) >= 11 is 0. The van der Waals surface area contributed by atoms with Crippen LogP contribution in [0.3, 0.4) is 0 Å². The van der Waals surface area contributed by atoms with Gasteiger partial charge in [0.25, 0.3) is 0 Å². The van der Waals surface area contributed by atoms with Crippen molar-refractivity contribution in [2.45, 2.75) is 40.2 Å². The van der Waals surface area contributed by atoms with Crippen molar-refractivity contribution in [3.05, 3.63) is 46.6 Å². The fraction of sp³-hybridized carbons (Fsp3) is 0.381. The molecule has 0 saturated heterocycles. The molecule has 0 atom stereocenters. The molecular formula is C21H25NO3. The minimum Gasteiger partial charge on any atom is -0.494 e. The van der Waals surface area contributed by atoms with Crippen LogP contribution in [0.1, 0.15) is 33.6 Å². The fourth-order valence-corrected chi connectivity index (χ4v) is 3.20. The summed E-state index contributed by atoms with van der Waals surface area (Å²) in [5.74, 6) is 1.58. The molecular weight excluding hydrogens is 314 g/mol. The molecule has 0 N–H and O–H groups in total. The lowest BCUT2D eigenvalue weighted by Crippen LogP contribution is -2.12. The van der Waals surface area contributed by atoms with E-state index in [-0.39, 0.29) is 5.43 Å². The Kier molecular flexibility index (Phi) is 5.27. The van der Waals surface area contributed by atoms with Gasteiger partial charge in [-0.05, 0) is 44.5 Å². The van der Waals surface area contributed by atoms with Gasteiger partial charge < -0.3 is 14.0 Å². The maximum Gasteiger partial charge on any atom is 0.197 e. The van der Waals surface area contributed by atoms with Gasteiger partial charge in [-0.15, -0.1) is 0 Å². The Morgan fingerprint density at radius 1 is 0.840 bits per heavy atom. The van der Waals surface area contributed by atoms with E-state index < -0.39 is 0 Å². The molecule has 0 aliphatic heterocycles. The van der Waals surface area contributed by atoms with E-state index in [9.17, 15) is 4.79 Å². The first-order valence-electron chi connectivity index (χ1n) is 9.05. The van der Waals surface area contributed by atoms with Crippen LogP contribution in [0.2, 0.25) is 0 Å². The van der Waals surface area contributed by atoms with Crippen molar-refractivity contribution < 1.29 is 9.47 Å². The number of aromatic nitrogens is 1. The zero-order chi connectivity index (χ0) is 17.8. The van der Waals surface area contributed by atoms with E-state index in [0.717, 1.165) is 52.7 Å². The van der Waals surface area contributed by atoms with Crippen LogP contribution in [0.4, 0.5) is 0 Å². The summed E-state index contributed by atoms with van der Waals surface area (Å²) in [4.78, 5) is 13.0. The third kappa shape index (κ3) is 3.34. The Labute approximate surface area is 148 Å². The van der Waals surface area contributed by atoms with Crippen LogP contribution in [0.5, 0.6) is 11.5 Å². The lowest BCUT2D eigenvalue weighted by atomic mass is 10.1. The van der Waals surface area contributed by atoms with Crippen LogP contribution in [0, 0.1) is 0 Å². The van der Waals surface area contributed by atoms with Crippen LogP contribution in [0.15, 0.2) is 41.2 Å². The quantitative estimate of drug-likeness (QED) is 0.583. The number of rotatable bonds is 7. The van der Waals surface area contributed by atoms with Gasteiger partial charge >= 0.3 is 0 Å². The van der Waals surface area contributed by atoms with Crippen LogP contribution in [-0.4, -0.2) is 17.8 Å². The molecule has 0 radical (unpaired) electrons. The van der Waals surface area contributed by atoms with Crippen molar-refractivity contribution in [2.24, 2.45) is 0 Å². The maximum absolute atomic E-state index is 13.0. The third-order valence-corrected chi connectivity index (χ3v) is 4.37. The van der Waals surface area contributed by atoms with Crippen molar-refractivity contribution in [1.82, 2.24) is 4.57 Å². The van der Waals surface area contributed by atoms with E-state index in [1.165, 1.54) is 0 Å². The van der Waals surface area contributed by atoms with Gasteiger partial charge in [0.2, 0.25) is 0 Å². The van der Waals surface area contributed by atoms with Gasteiger partial charge in [-0.1, -0.05) is 13.3 Å². The van der Waals surface area contributed by atoms with E-state index in [1.54, 1.807) is 0 Å². The summed E-state index contributed by atoms with van der Waals surface area (Å²) in [5.41, 5.74) is 1.90. The van der Waals surface area contributed by atoms with Crippen LogP contribution < -0.4 is 14.9 Å². The van der Waals surface area contributed by atoms with Crippen molar-refractivity contribution in [3.63, 3.8) is 0 Å². The normalized spacial score (nSPS) is 11.2. The Morgan fingerprint density at radius 2 is 1.36 bits per heavy atom. The molecule has 1 aromatic heterocycles. The first kappa shape index (κ1) is 17.3. The van der Waals surface area contributed by atoms with E-state index in [2.05, 4.69) is 11.5 Å². The van der Waals surface area contributed by atoms with Crippen LogP contribution >= 0.6 is 0 Å². The number of fused-ring (bicyclic) bond motifs is 2. The number of unbranched alkanes of at least 4 members (excludes halogenated alkanes) is 1. The summed E-state index contributed by atoms with van der Waals surface area (Å²) < 4.78 is 13.5. The Balaban J connectivity index is 2.34. The SMILES string of the molecule is CCCCn1c2cc(OCC)ccc2c(=O)c2ccc(OCC)cc21. The Bertz CT molecular complexity index is 873. The number of aryl methyl sites for hydroxylation is 1. The molecule has 1 heterocycles. The Morgan fingerprint density at radius 3 is 1.80 bits per heavy atom. The molecule has 4 heteroatoms. The largest absolute Gasteiger partial charge is 0.494 e. The number of pyridine rings is 1. The lowest BCUT2D eigenvalue weighted by molar-refractivity contribution is 0.340. The summed E-state index contributed by atoms with van der Waals surface area (Å²) in [6.07, 6.45) is 2.14. The predicted octanol–water partition coefficient (Wildman–Crippen LogP) is 4.75. The third-order valence-electron chi connectivity index (χ3n) is 4.37. The molecule has 25 heavy (non-hydrogen) atoms. The van der Waals surface area contributed by atoms with E-state index in [1.807, 2.05) is 50.2 Å². The molecule has 0 aliphatic carbocycles. The highest BCUT2D eigenvalue weighted by atomic mass is 16.5. The van der Waals surface area contributed by atoms with Gasteiger partial charge in [-0.25, -0.2) is 0 Å². The standard InChI is InChI=1S/C21H25NO3/c1-4-7-12-22-19-13-15(24-5-2)8-10-17(19)21(23)18-11-9-16(25-6-3)14-20(18)22/h8-11,13-14H,4-7,12H2,1-3H3. The molecule has 0 amide bonds. The van der Waals surface area contributed by atoms with Crippen LogP contribution in [-0.2, 0) is 6.54 Å². The first-order valence-corrected chi connectivity index (χ1v) is 9.05. The second-order valence-electron chi connectivity index (χ2n) is 6.06. The van der Waals surface area contributed by atoms with E-state index in [4.69, 9.17) is 9.47 Å². The highest BCUT2D eigenvalue weighted by Crippen LogP contribution is 2.26. The summed E-state index contributed by atoms with van der Waals surface area (Å²) in [5, 5.41) is 1.47. The monoisotopic (exact) mass is 339 g/mol. The van der Waals surface area contributed by atoms with Gasteiger partial charge in [0.15, 0.2) is 5.43 Å². The molecule has 3 aromatic rings. The molecule has 0 bridgehead atoms. The summed E-state index contributed by atoms with van der Waals surface area (Å²) in [6, 6.07) is 11.4. The second kappa shape index (κ2) is 7.60. The smallest absolute Gasteiger partial charge is 0.197 e. The first-order chi connectivity index (χ1) is 12.2. The molecule has 2 aromatic carbocycles. The minimum absolute atomic E-state index is 0.0591. The number of nitrogens with zero attached hydrogens (tertiary/aromatic N) is 1. The summed E-state index contributed by atoms with van der Waals surface area (Å²) in [6.45, 7) is 8.16. The Hall–Kier alpha value is -2.49. The average Bonchev–Trinajstić information content (AvgIpc) is 2.62. The highest BCUT2D eigenvalue weighted by molar-refractivity contribution is 5.94. The van der Waals surface area contributed by atoms with Gasteiger partial charge in [0, 0.05) is 29.4 Å². The maximum atomic E-state index is 13.0. The molecule has 132 valence electrons. The fourth-order valence-electron chi connectivity index (χ4n) is 3.20. The second-order valence-corrected chi connectivity index (χ2v) is 6.06. The molecule has 0 unspecified atom stereocenters. The number of benzene rings is 2. The topological polar surface area (TPSA) is 40.5 Å². The van der Waals surface area contributed by atoms with Crippen molar-refractivity contribution in [2.75, 3.05) is 13.2 Å². The molecule has 0 spiro atoms. The molecule has 0 fully saturated rings. The average molecular weight is 339 g/mol. The van der Waals surface area contributed by atoms with Crippen LogP contribution in [0.25, 0.3) is 21.8 Å². The highest BCUT2D eigenvalue weighted by Gasteiger charge is 2.12. The molecule has 0 saturated carbocycles. The zero-order valence-electron chi connectivity index (χ0n) is 15.2. The number of hydrogen-bond donors (Lipinski definition) is 0. The minimum atomic E-state index is 0.0591. The molecule has 3 rings (SSSR count). The number of ether oxygens (including phenoxy) is 2. The van der Waals surface area contributed by atoms with Gasteiger partial charge in [-0.2, -0.15) is 0 Å². The van der Waals surface area contributed by atoms with Crippen molar-refractivity contribution in [1.29, 1.82) is 0 Å². The zero-order valence-corrected chi connectivity index (χ0v) is 15.2. The van der Waals surface area contributed by atoms with Gasteiger partial charge in [0.05, 0.1) is 24.2 Å². The van der Waals surface area contributed by atoms with E-state index in [0.29, 0.717) is 13.2 Å². The number of hydrogen-bond acceptors (Lipinski definition) is 3. The van der Waals surface area contributed by atoms with Crippen molar-refractivity contribution in [3.8, 4) is 11.5 Å².